The molecule has 1 heterocycles. The largest absolute Gasteiger partial charge is 0.502 e. The van der Waals surface area contributed by atoms with E-state index in [9.17, 15) is 20.0 Å². The van der Waals surface area contributed by atoms with Crippen LogP contribution in [0, 0.1) is 28.4 Å². The number of methoxy groups -OCH3 is 1. The van der Waals surface area contributed by atoms with E-state index in [0.29, 0.717) is 5.69 Å². The summed E-state index contributed by atoms with van der Waals surface area (Å²) in [6, 6.07) is 5.59. The molecule has 0 radical (unpaired) electrons. The summed E-state index contributed by atoms with van der Waals surface area (Å²) in [6.07, 6.45) is 0. The molecule has 0 saturated carbocycles. The van der Waals surface area contributed by atoms with Gasteiger partial charge in [-0.2, -0.15) is 5.26 Å². The van der Waals surface area contributed by atoms with Crippen LogP contribution in [-0.2, 0) is 0 Å². The number of rotatable bonds is 3. The lowest BCUT2D eigenvalue weighted by Gasteiger charge is -2.10. The molecule has 0 amide bonds. The normalized spacial score (nSPS) is 10.0. The fourth-order valence-corrected chi connectivity index (χ4v) is 2.07. The first-order valence-electron chi connectivity index (χ1n) is 6.08. The van der Waals surface area contributed by atoms with Gasteiger partial charge in [-0.25, -0.2) is 0 Å². The van der Waals surface area contributed by atoms with Crippen molar-refractivity contribution in [3.05, 3.63) is 49.9 Å². The van der Waals surface area contributed by atoms with Crippen molar-refractivity contribution in [2.75, 3.05) is 7.11 Å². The standard InChI is InChI=1S/C14H11N3O5/c1-7-3-9(11(6-15)14(19)16-7)10-4-8(22-2)5-12(13(10)18)17(20)21/h3-5,18H,1-2H3,(H,16,19). The first-order valence-corrected chi connectivity index (χ1v) is 6.08. The minimum atomic E-state index is -0.770. The van der Waals surface area contributed by atoms with Crippen LogP contribution in [0.2, 0.25) is 0 Å². The van der Waals surface area contributed by atoms with Crippen molar-refractivity contribution in [3.8, 4) is 28.7 Å². The van der Waals surface area contributed by atoms with Gasteiger partial charge in [0.15, 0.2) is 0 Å². The number of phenolic OH excluding ortho intramolecular Hbond substituents is 1. The van der Waals surface area contributed by atoms with Crippen molar-refractivity contribution in [3.63, 3.8) is 0 Å². The number of hydrogen-bond acceptors (Lipinski definition) is 6. The number of aromatic amines is 1. The van der Waals surface area contributed by atoms with E-state index in [0.717, 1.165) is 6.07 Å². The lowest BCUT2D eigenvalue weighted by Crippen LogP contribution is -2.12. The monoisotopic (exact) mass is 301 g/mol. The van der Waals surface area contributed by atoms with Crippen molar-refractivity contribution in [1.29, 1.82) is 5.26 Å². The zero-order valence-corrected chi connectivity index (χ0v) is 11.7. The summed E-state index contributed by atoms with van der Waals surface area (Å²) in [4.78, 5) is 24.5. The van der Waals surface area contributed by atoms with Crippen molar-refractivity contribution in [1.82, 2.24) is 4.98 Å². The molecule has 2 rings (SSSR count). The molecule has 0 atom stereocenters. The van der Waals surface area contributed by atoms with Crippen LogP contribution >= 0.6 is 0 Å². The number of nitro groups is 1. The molecule has 8 heteroatoms. The molecule has 0 aliphatic heterocycles. The molecule has 0 aliphatic rings. The van der Waals surface area contributed by atoms with Crippen molar-refractivity contribution in [2.24, 2.45) is 0 Å². The van der Waals surface area contributed by atoms with E-state index in [1.165, 1.54) is 19.2 Å². The number of aryl methyl sites for hydroxylation is 1. The SMILES string of the molecule is COc1cc(-c2cc(C)[nH]c(=O)c2C#N)c(O)c([N+](=O)[O-])c1. The number of ether oxygens (including phenoxy) is 1. The van der Waals surface area contributed by atoms with Gasteiger partial charge < -0.3 is 14.8 Å². The van der Waals surface area contributed by atoms with Crippen molar-refractivity contribution < 1.29 is 14.8 Å². The number of nitrogens with zero attached hydrogens (tertiary/aromatic N) is 2. The maximum atomic E-state index is 11.8. The third kappa shape index (κ3) is 2.47. The van der Waals surface area contributed by atoms with Gasteiger partial charge in [-0.1, -0.05) is 0 Å². The Labute approximate surface area is 124 Å². The van der Waals surface area contributed by atoms with E-state index < -0.39 is 21.9 Å². The summed E-state index contributed by atoms with van der Waals surface area (Å²) in [7, 11) is 1.31. The average Bonchev–Trinajstić information content (AvgIpc) is 2.46. The van der Waals surface area contributed by atoms with E-state index >= 15 is 0 Å². The van der Waals surface area contributed by atoms with E-state index in [-0.39, 0.29) is 22.4 Å². The smallest absolute Gasteiger partial charge is 0.315 e. The third-order valence-corrected chi connectivity index (χ3v) is 3.07. The zero-order chi connectivity index (χ0) is 16.4. The predicted molar refractivity (Wildman–Crippen MR) is 76.8 cm³/mol. The van der Waals surface area contributed by atoms with E-state index in [4.69, 9.17) is 10.00 Å². The summed E-state index contributed by atoms with van der Waals surface area (Å²) >= 11 is 0. The van der Waals surface area contributed by atoms with E-state index in [1.54, 1.807) is 13.0 Å². The van der Waals surface area contributed by atoms with Crippen LogP contribution in [0.5, 0.6) is 11.5 Å². The molecule has 112 valence electrons. The highest BCUT2D eigenvalue weighted by Crippen LogP contribution is 2.41. The number of phenols is 1. The van der Waals surface area contributed by atoms with Crippen LogP contribution in [0.4, 0.5) is 5.69 Å². The second-order valence-electron chi connectivity index (χ2n) is 4.48. The van der Waals surface area contributed by atoms with Gasteiger partial charge >= 0.3 is 5.69 Å². The first kappa shape index (κ1) is 15.1. The molecule has 1 aromatic heterocycles. The number of benzene rings is 1. The van der Waals surface area contributed by atoms with E-state index in [2.05, 4.69) is 4.98 Å². The Morgan fingerprint density at radius 3 is 2.59 bits per heavy atom. The topological polar surface area (TPSA) is 129 Å². The molecular formula is C14H11N3O5. The van der Waals surface area contributed by atoms with Gasteiger partial charge in [-0.3, -0.25) is 14.9 Å². The highest BCUT2D eigenvalue weighted by Gasteiger charge is 2.23. The average molecular weight is 301 g/mol. The fourth-order valence-electron chi connectivity index (χ4n) is 2.07. The Kier molecular flexibility index (Phi) is 3.81. The summed E-state index contributed by atoms with van der Waals surface area (Å²) in [6.45, 7) is 1.59. The molecular weight excluding hydrogens is 290 g/mol. The molecule has 0 bridgehead atoms. The number of hydrogen-bond donors (Lipinski definition) is 2. The molecule has 0 aliphatic carbocycles. The van der Waals surface area contributed by atoms with Crippen molar-refractivity contribution >= 4 is 5.69 Å². The molecule has 1 aromatic carbocycles. The molecule has 8 nitrogen and oxygen atoms in total. The second kappa shape index (κ2) is 5.57. The molecule has 2 aromatic rings. The molecule has 22 heavy (non-hydrogen) atoms. The Balaban J connectivity index is 2.89. The molecule has 2 N–H and O–H groups in total. The van der Waals surface area contributed by atoms with Crippen molar-refractivity contribution in [2.45, 2.75) is 6.92 Å². The Bertz CT molecular complexity index is 864. The summed E-state index contributed by atoms with van der Waals surface area (Å²) in [5, 5.41) is 30.3. The van der Waals surface area contributed by atoms with Crippen LogP contribution in [-0.4, -0.2) is 22.1 Å². The summed E-state index contributed by atoms with van der Waals surface area (Å²) in [5.74, 6) is -0.506. The first-order chi connectivity index (χ1) is 10.4. The van der Waals surface area contributed by atoms with Crippen LogP contribution in [0.15, 0.2) is 23.0 Å². The number of H-pyrrole nitrogens is 1. The quantitative estimate of drug-likeness (QED) is 0.657. The fraction of sp³-hybridized carbons (Fsp3) is 0.143. The highest BCUT2D eigenvalue weighted by atomic mass is 16.6. The van der Waals surface area contributed by atoms with Gasteiger partial charge in [-0.15, -0.1) is 0 Å². The highest BCUT2D eigenvalue weighted by molar-refractivity contribution is 5.80. The van der Waals surface area contributed by atoms with Gasteiger partial charge in [0.2, 0.25) is 5.75 Å². The predicted octanol–water partition coefficient (Wildman–Crippen LogP) is 1.84. The van der Waals surface area contributed by atoms with Gasteiger partial charge in [0.25, 0.3) is 5.56 Å². The van der Waals surface area contributed by atoms with Gasteiger partial charge in [0.1, 0.15) is 17.4 Å². The number of aromatic nitrogens is 1. The van der Waals surface area contributed by atoms with Gasteiger partial charge in [0.05, 0.1) is 18.1 Å². The Morgan fingerprint density at radius 1 is 1.36 bits per heavy atom. The van der Waals surface area contributed by atoms with Crippen LogP contribution < -0.4 is 10.3 Å². The van der Waals surface area contributed by atoms with Gasteiger partial charge in [0, 0.05) is 16.8 Å². The van der Waals surface area contributed by atoms with Gasteiger partial charge in [-0.05, 0) is 19.1 Å². The minimum Gasteiger partial charge on any atom is -0.502 e. The lowest BCUT2D eigenvalue weighted by atomic mass is 9.99. The van der Waals surface area contributed by atoms with Crippen LogP contribution in [0.25, 0.3) is 11.1 Å². The summed E-state index contributed by atoms with van der Waals surface area (Å²) < 4.78 is 4.97. The number of aromatic hydroxyl groups is 1. The maximum absolute atomic E-state index is 11.8. The Morgan fingerprint density at radius 2 is 2.05 bits per heavy atom. The zero-order valence-electron chi connectivity index (χ0n) is 11.7. The molecule has 0 fully saturated rings. The summed E-state index contributed by atoms with van der Waals surface area (Å²) in [5.41, 5.74) is -0.925. The number of pyridine rings is 1. The number of nitro benzene ring substituents is 1. The minimum absolute atomic E-state index is 0.0169. The van der Waals surface area contributed by atoms with Crippen LogP contribution in [0.1, 0.15) is 11.3 Å². The Hall–Kier alpha value is -3.34. The second-order valence-corrected chi connectivity index (χ2v) is 4.48. The van der Waals surface area contributed by atoms with Crippen LogP contribution in [0.3, 0.4) is 0 Å². The maximum Gasteiger partial charge on any atom is 0.315 e. The lowest BCUT2D eigenvalue weighted by molar-refractivity contribution is -0.385. The van der Waals surface area contributed by atoms with E-state index in [1.807, 2.05) is 0 Å². The molecule has 0 saturated heterocycles. The molecule has 0 spiro atoms. The third-order valence-electron chi connectivity index (χ3n) is 3.07. The number of nitrogens with one attached hydrogen (secondary N) is 1. The molecule has 0 unspecified atom stereocenters. The number of nitriles is 1.